The zero-order valence-corrected chi connectivity index (χ0v) is 16.7. The highest BCUT2D eigenvalue weighted by atomic mass is 32.2. The molecule has 1 fully saturated rings. The van der Waals surface area contributed by atoms with Gasteiger partial charge in [0, 0.05) is 24.4 Å². The summed E-state index contributed by atoms with van der Waals surface area (Å²) in [6.45, 7) is 6.70. The molecular formula is C17H31N7S. The van der Waals surface area contributed by atoms with Gasteiger partial charge in [-0.05, 0) is 53.0 Å². The van der Waals surface area contributed by atoms with Crippen LogP contribution in [0.2, 0.25) is 0 Å². The smallest absolute Gasteiger partial charge is 0.191 e. The number of rotatable bonds is 5. The Morgan fingerprint density at radius 3 is 3.00 bits per heavy atom. The number of aliphatic imine (C=N–C) groups is 1. The highest BCUT2D eigenvalue weighted by molar-refractivity contribution is 7.99. The number of nitrogens with one attached hydrogen (secondary N) is 2. The predicted octanol–water partition coefficient (Wildman–Crippen LogP) is 1.41. The molecule has 7 nitrogen and oxygen atoms in total. The van der Waals surface area contributed by atoms with Crippen molar-refractivity contribution >= 4 is 17.7 Å². The molecule has 1 aromatic heterocycles. The van der Waals surface area contributed by atoms with Crippen molar-refractivity contribution in [2.75, 3.05) is 38.7 Å². The molecule has 2 aliphatic rings. The average Bonchev–Trinajstić information content (AvgIpc) is 3.20. The number of hydrogen-bond acceptors (Lipinski definition) is 5. The molecule has 2 unspecified atom stereocenters. The van der Waals surface area contributed by atoms with Crippen LogP contribution in [0.15, 0.2) is 4.99 Å². The van der Waals surface area contributed by atoms with E-state index in [0.29, 0.717) is 0 Å². The van der Waals surface area contributed by atoms with Gasteiger partial charge in [-0.3, -0.25) is 4.99 Å². The van der Waals surface area contributed by atoms with E-state index in [2.05, 4.69) is 46.6 Å². The first-order chi connectivity index (χ1) is 12.0. The van der Waals surface area contributed by atoms with E-state index in [1.807, 2.05) is 23.4 Å². The van der Waals surface area contributed by atoms with Crippen LogP contribution in [-0.4, -0.2) is 69.9 Å². The summed E-state index contributed by atoms with van der Waals surface area (Å²) in [5, 5.41) is 11.5. The van der Waals surface area contributed by atoms with E-state index in [1.165, 1.54) is 12.2 Å². The fourth-order valence-electron chi connectivity index (χ4n) is 3.53. The Bertz CT molecular complexity index is 604. The molecule has 1 aromatic rings. The van der Waals surface area contributed by atoms with Crippen LogP contribution >= 0.6 is 11.8 Å². The standard InChI is InChI=1S/C17H31N7S/c1-5-18-16(19-11-17(23(3)4)8-10-25-12-17)21-14-7-6-9-24-15(14)20-13(2)22-24/h14H,5-12H2,1-4H3,(H2,18,19,21). The Morgan fingerprint density at radius 1 is 1.48 bits per heavy atom. The lowest BCUT2D eigenvalue weighted by molar-refractivity contribution is 0.190. The number of guanidine groups is 1. The quantitative estimate of drug-likeness (QED) is 0.607. The van der Waals surface area contributed by atoms with Gasteiger partial charge in [0.15, 0.2) is 5.96 Å². The van der Waals surface area contributed by atoms with Gasteiger partial charge in [-0.15, -0.1) is 0 Å². The molecular weight excluding hydrogens is 334 g/mol. The summed E-state index contributed by atoms with van der Waals surface area (Å²) >= 11 is 2.03. The SMILES string of the molecule is CCNC(=NCC1(N(C)C)CCSC1)NC1CCCn2nc(C)nc21. The number of hydrogen-bond donors (Lipinski definition) is 2. The van der Waals surface area contributed by atoms with Gasteiger partial charge in [0.2, 0.25) is 0 Å². The lowest BCUT2D eigenvalue weighted by Crippen LogP contribution is -2.49. The molecule has 2 aliphatic heterocycles. The van der Waals surface area contributed by atoms with E-state index < -0.39 is 0 Å². The van der Waals surface area contributed by atoms with Crippen molar-refractivity contribution < 1.29 is 0 Å². The van der Waals surface area contributed by atoms with E-state index in [-0.39, 0.29) is 11.6 Å². The van der Waals surface area contributed by atoms with Gasteiger partial charge in [-0.25, -0.2) is 9.67 Å². The summed E-state index contributed by atoms with van der Waals surface area (Å²) < 4.78 is 2.04. The zero-order valence-electron chi connectivity index (χ0n) is 15.9. The second-order valence-electron chi connectivity index (χ2n) is 7.20. The number of likely N-dealkylation sites (N-methyl/N-ethyl adjacent to an activating group) is 1. The third-order valence-electron chi connectivity index (χ3n) is 5.20. The van der Waals surface area contributed by atoms with Crippen LogP contribution < -0.4 is 10.6 Å². The molecule has 1 saturated heterocycles. The molecule has 0 amide bonds. The van der Waals surface area contributed by atoms with Crippen LogP contribution in [0.5, 0.6) is 0 Å². The van der Waals surface area contributed by atoms with Crippen LogP contribution in [0.25, 0.3) is 0 Å². The van der Waals surface area contributed by atoms with Gasteiger partial charge < -0.3 is 15.5 Å². The second-order valence-corrected chi connectivity index (χ2v) is 8.30. The molecule has 0 saturated carbocycles. The Morgan fingerprint density at radius 2 is 2.32 bits per heavy atom. The fraction of sp³-hybridized carbons (Fsp3) is 0.824. The third-order valence-corrected chi connectivity index (χ3v) is 6.43. The molecule has 140 valence electrons. The molecule has 3 heterocycles. The number of fused-ring (bicyclic) bond motifs is 1. The van der Waals surface area contributed by atoms with Crippen LogP contribution in [0.1, 0.15) is 43.9 Å². The van der Waals surface area contributed by atoms with Crippen molar-refractivity contribution in [1.29, 1.82) is 0 Å². The molecule has 8 heteroatoms. The molecule has 0 radical (unpaired) electrons. The average molecular weight is 366 g/mol. The van der Waals surface area contributed by atoms with Crippen LogP contribution in [0.3, 0.4) is 0 Å². The molecule has 0 bridgehead atoms. The molecule has 0 spiro atoms. The van der Waals surface area contributed by atoms with Gasteiger partial charge in [-0.2, -0.15) is 16.9 Å². The number of thioether (sulfide) groups is 1. The highest BCUT2D eigenvalue weighted by Crippen LogP contribution is 2.32. The Kier molecular flexibility index (Phi) is 5.89. The monoisotopic (exact) mass is 365 g/mol. The van der Waals surface area contributed by atoms with Crippen molar-refractivity contribution in [3.8, 4) is 0 Å². The normalized spacial score (nSPS) is 26.8. The van der Waals surface area contributed by atoms with Crippen molar-refractivity contribution in [3.05, 3.63) is 11.6 Å². The number of aromatic nitrogens is 3. The number of nitrogens with zero attached hydrogens (tertiary/aromatic N) is 5. The van der Waals surface area contributed by atoms with E-state index in [1.54, 1.807) is 0 Å². The Labute approximate surface area is 155 Å². The zero-order chi connectivity index (χ0) is 17.9. The minimum absolute atomic E-state index is 0.177. The van der Waals surface area contributed by atoms with Crippen molar-refractivity contribution in [3.63, 3.8) is 0 Å². The van der Waals surface area contributed by atoms with Crippen molar-refractivity contribution in [1.82, 2.24) is 30.3 Å². The molecule has 25 heavy (non-hydrogen) atoms. The van der Waals surface area contributed by atoms with E-state index in [9.17, 15) is 0 Å². The molecule has 3 rings (SSSR count). The van der Waals surface area contributed by atoms with Crippen LogP contribution in [0.4, 0.5) is 0 Å². The Balaban J connectivity index is 1.73. The summed E-state index contributed by atoms with van der Waals surface area (Å²) in [4.78, 5) is 11.9. The second kappa shape index (κ2) is 7.95. The largest absolute Gasteiger partial charge is 0.357 e. The van der Waals surface area contributed by atoms with E-state index in [0.717, 1.165) is 55.8 Å². The summed E-state index contributed by atoms with van der Waals surface area (Å²) in [5.74, 6) is 5.15. The highest BCUT2D eigenvalue weighted by Gasteiger charge is 2.36. The van der Waals surface area contributed by atoms with Gasteiger partial charge in [0.1, 0.15) is 11.6 Å². The summed E-state index contributed by atoms with van der Waals surface area (Å²) in [6, 6.07) is 0.181. The third kappa shape index (κ3) is 4.11. The first-order valence-electron chi connectivity index (χ1n) is 9.25. The van der Waals surface area contributed by atoms with Gasteiger partial charge in [0.05, 0.1) is 12.6 Å². The minimum atomic E-state index is 0.177. The van der Waals surface area contributed by atoms with Gasteiger partial charge in [0.25, 0.3) is 0 Å². The van der Waals surface area contributed by atoms with E-state index in [4.69, 9.17) is 4.99 Å². The minimum Gasteiger partial charge on any atom is -0.357 e. The Hall–Kier alpha value is -1.28. The molecule has 0 aliphatic carbocycles. The van der Waals surface area contributed by atoms with Crippen molar-refractivity contribution in [2.45, 2.75) is 51.2 Å². The maximum absolute atomic E-state index is 4.94. The first-order valence-corrected chi connectivity index (χ1v) is 10.4. The fourth-order valence-corrected chi connectivity index (χ4v) is 5.07. The summed E-state index contributed by atoms with van der Waals surface area (Å²) in [5.41, 5.74) is 0.177. The van der Waals surface area contributed by atoms with Crippen molar-refractivity contribution in [2.24, 2.45) is 4.99 Å². The lowest BCUT2D eigenvalue weighted by Gasteiger charge is -2.34. The van der Waals surface area contributed by atoms with Gasteiger partial charge in [-0.1, -0.05) is 0 Å². The summed E-state index contributed by atoms with van der Waals surface area (Å²) in [7, 11) is 4.35. The first kappa shape index (κ1) is 18.5. The lowest BCUT2D eigenvalue weighted by atomic mass is 9.98. The van der Waals surface area contributed by atoms with Gasteiger partial charge >= 0.3 is 0 Å². The number of aryl methyl sites for hydroxylation is 2. The molecule has 2 atom stereocenters. The van der Waals surface area contributed by atoms with E-state index >= 15 is 0 Å². The predicted molar refractivity (Wildman–Crippen MR) is 104 cm³/mol. The maximum Gasteiger partial charge on any atom is 0.191 e. The maximum atomic E-state index is 4.94. The summed E-state index contributed by atoms with van der Waals surface area (Å²) in [6.07, 6.45) is 3.38. The van der Waals surface area contributed by atoms with Crippen LogP contribution in [0, 0.1) is 6.92 Å². The van der Waals surface area contributed by atoms with Crippen LogP contribution in [-0.2, 0) is 6.54 Å². The molecule has 0 aromatic carbocycles. The molecule has 2 N–H and O–H groups in total. The topological polar surface area (TPSA) is 70.4 Å².